The fourth-order valence-electron chi connectivity index (χ4n) is 2.70. The van der Waals surface area contributed by atoms with Gasteiger partial charge in [0.2, 0.25) is 5.91 Å². The van der Waals surface area contributed by atoms with E-state index in [1.807, 2.05) is 27.1 Å². The summed E-state index contributed by atoms with van der Waals surface area (Å²) in [6.45, 7) is 6.64. The summed E-state index contributed by atoms with van der Waals surface area (Å²) in [6.07, 6.45) is 3.85. The molecule has 1 N–H and O–H groups in total. The number of rotatable bonds is 5. The van der Waals surface area contributed by atoms with E-state index >= 15 is 0 Å². The van der Waals surface area contributed by atoms with E-state index in [1.54, 1.807) is 11.0 Å². The third-order valence-electron chi connectivity index (χ3n) is 4.05. The van der Waals surface area contributed by atoms with Gasteiger partial charge in [-0.15, -0.1) is 0 Å². The fraction of sp³-hybridized carbons (Fsp3) is 0.471. The van der Waals surface area contributed by atoms with Crippen molar-refractivity contribution in [1.82, 2.24) is 9.88 Å². The second-order valence-corrected chi connectivity index (χ2v) is 6.10. The summed E-state index contributed by atoms with van der Waals surface area (Å²) in [5.41, 5.74) is 1.00. The fourth-order valence-corrected chi connectivity index (χ4v) is 2.70. The standard InChI is InChI=1S/C17H23FN2O/c1-5-6-9-20(4)16(21)17(2,3)14-11-19-15-8-7-12(18)10-13(14)15/h7-8,10-11,19H,5-6,9H2,1-4H3. The van der Waals surface area contributed by atoms with Gasteiger partial charge in [-0.25, -0.2) is 4.39 Å². The van der Waals surface area contributed by atoms with Crippen molar-refractivity contribution in [2.45, 2.75) is 39.0 Å². The van der Waals surface area contributed by atoms with Crippen LogP contribution < -0.4 is 0 Å². The number of halogens is 1. The molecular weight excluding hydrogens is 267 g/mol. The van der Waals surface area contributed by atoms with E-state index in [0.29, 0.717) is 0 Å². The molecule has 114 valence electrons. The van der Waals surface area contributed by atoms with Gasteiger partial charge in [-0.05, 0) is 44.0 Å². The molecule has 0 aliphatic rings. The van der Waals surface area contributed by atoms with Crippen LogP contribution in [0.1, 0.15) is 39.2 Å². The van der Waals surface area contributed by atoms with Gasteiger partial charge in [0.05, 0.1) is 5.41 Å². The second-order valence-electron chi connectivity index (χ2n) is 6.10. The van der Waals surface area contributed by atoms with E-state index in [9.17, 15) is 9.18 Å². The van der Waals surface area contributed by atoms with E-state index in [1.165, 1.54) is 12.1 Å². The molecule has 0 saturated carbocycles. The van der Waals surface area contributed by atoms with Crippen LogP contribution in [-0.2, 0) is 10.2 Å². The Morgan fingerprint density at radius 1 is 1.38 bits per heavy atom. The summed E-state index contributed by atoms with van der Waals surface area (Å²) in [4.78, 5) is 17.6. The number of H-pyrrole nitrogens is 1. The van der Waals surface area contributed by atoms with Crippen LogP contribution >= 0.6 is 0 Å². The molecule has 1 aromatic heterocycles. The SMILES string of the molecule is CCCCN(C)C(=O)C(C)(C)c1c[nH]c2ccc(F)cc12. The lowest BCUT2D eigenvalue weighted by molar-refractivity contribution is -0.134. The van der Waals surface area contributed by atoms with Crippen molar-refractivity contribution in [3.63, 3.8) is 0 Å². The Morgan fingerprint density at radius 2 is 2.10 bits per heavy atom. The van der Waals surface area contributed by atoms with Crippen LogP contribution in [0.15, 0.2) is 24.4 Å². The Hall–Kier alpha value is -1.84. The maximum absolute atomic E-state index is 13.5. The molecule has 0 fully saturated rings. The number of unbranched alkanes of at least 4 members (excludes halogenated alkanes) is 1. The summed E-state index contributed by atoms with van der Waals surface area (Å²) in [7, 11) is 1.83. The van der Waals surface area contributed by atoms with Gasteiger partial charge < -0.3 is 9.88 Å². The highest BCUT2D eigenvalue weighted by molar-refractivity contribution is 5.94. The van der Waals surface area contributed by atoms with Gasteiger partial charge in [-0.1, -0.05) is 13.3 Å². The van der Waals surface area contributed by atoms with Crippen molar-refractivity contribution >= 4 is 16.8 Å². The molecule has 0 spiro atoms. The molecule has 1 heterocycles. The van der Waals surface area contributed by atoms with Gasteiger partial charge in [0.15, 0.2) is 0 Å². The zero-order valence-corrected chi connectivity index (χ0v) is 13.2. The molecule has 2 rings (SSSR count). The lowest BCUT2D eigenvalue weighted by atomic mass is 9.83. The number of benzene rings is 1. The number of aromatic nitrogens is 1. The first kappa shape index (κ1) is 15.5. The first-order valence-electron chi connectivity index (χ1n) is 7.40. The molecule has 0 atom stereocenters. The molecule has 4 heteroatoms. The maximum atomic E-state index is 13.5. The van der Waals surface area contributed by atoms with Crippen LogP contribution in [0.2, 0.25) is 0 Å². The first-order valence-corrected chi connectivity index (χ1v) is 7.40. The second kappa shape index (κ2) is 5.88. The lowest BCUT2D eigenvalue weighted by Crippen LogP contribution is -2.41. The largest absolute Gasteiger partial charge is 0.361 e. The minimum absolute atomic E-state index is 0.0566. The molecule has 0 aliphatic heterocycles. The molecule has 0 saturated heterocycles. The number of hydrogen-bond acceptors (Lipinski definition) is 1. The molecule has 0 aliphatic carbocycles. The number of likely N-dealkylation sites (N-methyl/N-ethyl adjacent to an activating group) is 1. The molecule has 21 heavy (non-hydrogen) atoms. The summed E-state index contributed by atoms with van der Waals surface area (Å²) in [5.74, 6) is -0.230. The lowest BCUT2D eigenvalue weighted by Gasteiger charge is -2.29. The topological polar surface area (TPSA) is 36.1 Å². The van der Waals surface area contributed by atoms with Gasteiger partial charge >= 0.3 is 0 Å². The normalized spacial score (nSPS) is 11.9. The number of fused-ring (bicyclic) bond motifs is 1. The molecule has 1 amide bonds. The third kappa shape index (κ3) is 2.94. The average molecular weight is 290 g/mol. The zero-order valence-electron chi connectivity index (χ0n) is 13.2. The molecule has 2 aromatic rings. The average Bonchev–Trinajstić information content (AvgIpc) is 2.87. The van der Waals surface area contributed by atoms with Crippen LogP contribution in [0.5, 0.6) is 0 Å². The van der Waals surface area contributed by atoms with Crippen LogP contribution in [0.4, 0.5) is 4.39 Å². The van der Waals surface area contributed by atoms with Crippen molar-refractivity contribution in [2.24, 2.45) is 0 Å². The van der Waals surface area contributed by atoms with Crippen LogP contribution in [0, 0.1) is 5.82 Å². The highest BCUT2D eigenvalue weighted by Gasteiger charge is 2.34. The third-order valence-corrected chi connectivity index (χ3v) is 4.05. The molecular formula is C17H23FN2O. The zero-order chi connectivity index (χ0) is 15.6. The first-order chi connectivity index (χ1) is 9.87. The predicted octanol–water partition coefficient (Wildman–Crippen LogP) is 3.84. The number of carbonyl (C=O) groups excluding carboxylic acids is 1. The molecule has 0 radical (unpaired) electrons. The Balaban J connectivity index is 2.36. The number of carbonyl (C=O) groups is 1. The van der Waals surface area contributed by atoms with E-state index in [-0.39, 0.29) is 11.7 Å². The van der Waals surface area contributed by atoms with Gasteiger partial charge in [0.1, 0.15) is 5.82 Å². The van der Waals surface area contributed by atoms with Crippen LogP contribution in [-0.4, -0.2) is 29.4 Å². The van der Waals surface area contributed by atoms with Crippen LogP contribution in [0.25, 0.3) is 10.9 Å². The number of nitrogens with zero attached hydrogens (tertiary/aromatic N) is 1. The summed E-state index contributed by atoms with van der Waals surface area (Å²) >= 11 is 0. The number of amides is 1. The summed E-state index contributed by atoms with van der Waals surface area (Å²) in [5, 5.41) is 0.775. The van der Waals surface area contributed by atoms with Gasteiger partial charge in [-0.2, -0.15) is 0 Å². The van der Waals surface area contributed by atoms with Crippen molar-refractivity contribution in [1.29, 1.82) is 0 Å². The van der Waals surface area contributed by atoms with Crippen LogP contribution in [0.3, 0.4) is 0 Å². The number of aromatic amines is 1. The molecule has 3 nitrogen and oxygen atoms in total. The van der Waals surface area contributed by atoms with E-state index in [2.05, 4.69) is 11.9 Å². The van der Waals surface area contributed by atoms with Crippen molar-refractivity contribution in [2.75, 3.05) is 13.6 Å². The van der Waals surface area contributed by atoms with Gasteiger partial charge in [0, 0.05) is 30.7 Å². The van der Waals surface area contributed by atoms with Gasteiger partial charge in [-0.3, -0.25) is 4.79 Å². The number of nitrogens with one attached hydrogen (secondary N) is 1. The van der Waals surface area contributed by atoms with E-state index < -0.39 is 5.41 Å². The van der Waals surface area contributed by atoms with E-state index in [4.69, 9.17) is 0 Å². The summed E-state index contributed by atoms with van der Waals surface area (Å²) < 4.78 is 13.5. The minimum Gasteiger partial charge on any atom is -0.361 e. The smallest absolute Gasteiger partial charge is 0.232 e. The quantitative estimate of drug-likeness (QED) is 0.892. The monoisotopic (exact) mass is 290 g/mol. The predicted molar refractivity (Wildman–Crippen MR) is 83.8 cm³/mol. The van der Waals surface area contributed by atoms with Gasteiger partial charge in [0.25, 0.3) is 0 Å². The molecule has 0 unspecified atom stereocenters. The Kier molecular flexibility index (Phi) is 4.35. The van der Waals surface area contributed by atoms with E-state index in [0.717, 1.165) is 35.9 Å². The van der Waals surface area contributed by atoms with Crippen molar-refractivity contribution in [3.05, 3.63) is 35.8 Å². The Morgan fingerprint density at radius 3 is 2.76 bits per heavy atom. The molecule has 0 bridgehead atoms. The minimum atomic E-state index is -0.686. The Labute approximate surface area is 125 Å². The van der Waals surface area contributed by atoms with Crippen molar-refractivity contribution in [3.8, 4) is 0 Å². The maximum Gasteiger partial charge on any atom is 0.232 e. The summed E-state index contributed by atoms with van der Waals surface area (Å²) in [6, 6.07) is 4.61. The Bertz CT molecular complexity index is 645. The molecule has 1 aromatic carbocycles. The number of hydrogen-bond donors (Lipinski definition) is 1. The highest BCUT2D eigenvalue weighted by Crippen LogP contribution is 2.32. The van der Waals surface area contributed by atoms with Crippen molar-refractivity contribution < 1.29 is 9.18 Å². The highest BCUT2D eigenvalue weighted by atomic mass is 19.1.